The van der Waals surface area contributed by atoms with Crippen LogP contribution < -0.4 is 5.32 Å². The quantitative estimate of drug-likeness (QED) is 0.683. The number of carbonyl (C=O) groups is 2. The van der Waals surface area contributed by atoms with Crippen molar-refractivity contribution in [2.75, 3.05) is 12.4 Å². The first-order valence-corrected chi connectivity index (χ1v) is 8.60. The Morgan fingerprint density at radius 2 is 2.17 bits per heavy atom. The van der Waals surface area contributed by atoms with Gasteiger partial charge in [0.15, 0.2) is 0 Å². The molecule has 1 aliphatic carbocycles. The lowest BCUT2D eigenvalue weighted by atomic mass is 9.95. The van der Waals surface area contributed by atoms with E-state index in [9.17, 15) is 9.59 Å². The molecule has 0 saturated heterocycles. The van der Waals surface area contributed by atoms with E-state index in [2.05, 4.69) is 10.4 Å². The predicted octanol–water partition coefficient (Wildman–Crippen LogP) is 2.80. The highest BCUT2D eigenvalue weighted by molar-refractivity contribution is 7.17. The van der Waals surface area contributed by atoms with Crippen LogP contribution in [0, 0.1) is 0 Å². The second-order valence-electron chi connectivity index (χ2n) is 5.68. The number of amides is 1. The Morgan fingerprint density at radius 1 is 1.38 bits per heavy atom. The minimum absolute atomic E-state index is 0.275. The molecule has 3 rings (SSSR count). The van der Waals surface area contributed by atoms with Crippen LogP contribution >= 0.6 is 11.3 Å². The van der Waals surface area contributed by atoms with Crippen molar-refractivity contribution in [1.82, 2.24) is 9.78 Å². The number of rotatable bonds is 4. The number of hydrogen-bond acceptors (Lipinski definition) is 5. The van der Waals surface area contributed by atoms with Crippen molar-refractivity contribution in [2.45, 2.75) is 25.7 Å². The van der Waals surface area contributed by atoms with Crippen LogP contribution in [0.2, 0.25) is 0 Å². The summed E-state index contributed by atoms with van der Waals surface area (Å²) in [6, 6.07) is 0. The van der Waals surface area contributed by atoms with Crippen LogP contribution in [-0.2, 0) is 29.4 Å². The van der Waals surface area contributed by atoms with E-state index in [0.717, 1.165) is 36.8 Å². The summed E-state index contributed by atoms with van der Waals surface area (Å²) in [4.78, 5) is 25.5. The number of nitrogens with one attached hydrogen (secondary N) is 1. The molecule has 6 nitrogen and oxygen atoms in total. The van der Waals surface area contributed by atoms with Gasteiger partial charge >= 0.3 is 5.97 Å². The van der Waals surface area contributed by atoms with Crippen LogP contribution in [0.15, 0.2) is 18.5 Å². The van der Waals surface area contributed by atoms with Crippen molar-refractivity contribution in [3.63, 3.8) is 0 Å². The van der Waals surface area contributed by atoms with Gasteiger partial charge in [-0.15, -0.1) is 11.3 Å². The topological polar surface area (TPSA) is 73.2 Å². The van der Waals surface area contributed by atoms with E-state index in [0.29, 0.717) is 10.6 Å². The van der Waals surface area contributed by atoms with Crippen LogP contribution in [-0.4, -0.2) is 28.8 Å². The fourth-order valence-electron chi connectivity index (χ4n) is 2.82. The third kappa shape index (κ3) is 3.41. The SMILES string of the molecule is COC(=O)c1c(NC(=O)/C=C\c2cnn(C)c2)sc2c1CCCC2. The first kappa shape index (κ1) is 16.4. The zero-order chi connectivity index (χ0) is 17.1. The molecule has 2 heterocycles. The molecule has 2 aromatic rings. The van der Waals surface area contributed by atoms with Gasteiger partial charge in [-0.1, -0.05) is 0 Å². The second-order valence-corrected chi connectivity index (χ2v) is 6.78. The molecule has 24 heavy (non-hydrogen) atoms. The molecular weight excluding hydrogens is 326 g/mol. The van der Waals surface area contributed by atoms with Crippen molar-refractivity contribution >= 4 is 34.3 Å². The Balaban J connectivity index is 1.81. The molecule has 0 fully saturated rings. The summed E-state index contributed by atoms with van der Waals surface area (Å²) in [5, 5.41) is 7.45. The van der Waals surface area contributed by atoms with Gasteiger partial charge in [0.2, 0.25) is 5.91 Å². The van der Waals surface area contributed by atoms with E-state index in [1.807, 2.05) is 13.2 Å². The molecule has 126 valence electrons. The zero-order valence-corrected chi connectivity index (χ0v) is 14.5. The summed E-state index contributed by atoms with van der Waals surface area (Å²) in [7, 11) is 3.18. The Labute approximate surface area is 144 Å². The average Bonchev–Trinajstić information content (AvgIpc) is 3.15. The molecule has 7 heteroatoms. The predicted molar refractivity (Wildman–Crippen MR) is 93.2 cm³/mol. The molecule has 1 amide bonds. The molecule has 0 atom stereocenters. The highest BCUT2D eigenvalue weighted by atomic mass is 32.1. The smallest absolute Gasteiger partial charge is 0.341 e. The van der Waals surface area contributed by atoms with Gasteiger partial charge in [-0.05, 0) is 37.3 Å². The Kier molecular flexibility index (Phi) is 4.80. The summed E-state index contributed by atoms with van der Waals surface area (Å²) < 4.78 is 6.57. The summed E-state index contributed by atoms with van der Waals surface area (Å²) >= 11 is 1.48. The maximum atomic E-state index is 12.2. The van der Waals surface area contributed by atoms with E-state index in [-0.39, 0.29) is 11.9 Å². The van der Waals surface area contributed by atoms with Crippen molar-refractivity contribution in [2.24, 2.45) is 7.05 Å². The third-order valence-corrected chi connectivity index (χ3v) is 5.16. The number of aromatic nitrogens is 2. The molecule has 1 aliphatic rings. The van der Waals surface area contributed by atoms with Crippen molar-refractivity contribution < 1.29 is 14.3 Å². The molecule has 0 bridgehead atoms. The van der Waals surface area contributed by atoms with E-state index < -0.39 is 0 Å². The average molecular weight is 345 g/mol. The standard InChI is InChI=1S/C17H19N3O3S/c1-20-10-11(9-18-20)7-8-14(21)19-16-15(17(22)23-2)12-5-3-4-6-13(12)24-16/h7-10H,3-6H2,1-2H3,(H,19,21)/b8-7-. The molecule has 1 N–H and O–H groups in total. The molecule has 0 radical (unpaired) electrons. The van der Waals surface area contributed by atoms with Crippen LogP contribution in [0.5, 0.6) is 0 Å². The van der Waals surface area contributed by atoms with Gasteiger partial charge in [0.05, 0.1) is 18.9 Å². The molecule has 0 spiro atoms. The Bertz CT molecular complexity index is 804. The number of fused-ring (bicyclic) bond motifs is 1. The molecular formula is C17H19N3O3S. The number of thiophene rings is 1. The number of anilines is 1. The summed E-state index contributed by atoms with van der Waals surface area (Å²) in [6.45, 7) is 0. The number of methoxy groups -OCH3 is 1. The maximum absolute atomic E-state index is 12.2. The minimum atomic E-state index is -0.388. The fraction of sp³-hybridized carbons (Fsp3) is 0.353. The first-order valence-electron chi connectivity index (χ1n) is 7.79. The van der Waals surface area contributed by atoms with E-state index in [1.165, 1.54) is 29.4 Å². The number of carbonyl (C=O) groups excluding carboxylic acids is 2. The molecule has 0 unspecified atom stereocenters. The number of aryl methyl sites for hydroxylation is 2. The highest BCUT2D eigenvalue weighted by Gasteiger charge is 2.26. The molecule has 0 aromatic carbocycles. The van der Waals surface area contributed by atoms with E-state index in [1.54, 1.807) is 17.0 Å². The van der Waals surface area contributed by atoms with Gasteiger partial charge < -0.3 is 10.1 Å². The monoisotopic (exact) mass is 345 g/mol. The van der Waals surface area contributed by atoms with E-state index in [4.69, 9.17) is 4.74 Å². The normalized spacial score (nSPS) is 13.8. The lowest BCUT2D eigenvalue weighted by molar-refractivity contribution is -0.111. The van der Waals surface area contributed by atoms with Crippen LogP contribution in [0.3, 0.4) is 0 Å². The van der Waals surface area contributed by atoms with Gasteiger partial charge in [-0.25, -0.2) is 4.79 Å². The number of nitrogens with zero attached hydrogens (tertiary/aromatic N) is 2. The highest BCUT2D eigenvalue weighted by Crippen LogP contribution is 2.38. The van der Waals surface area contributed by atoms with Gasteiger partial charge in [-0.3, -0.25) is 9.48 Å². The first-order chi connectivity index (χ1) is 11.6. The second kappa shape index (κ2) is 7.00. The fourth-order valence-corrected chi connectivity index (χ4v) is 4.10. The van der Waals surface area contributed by atoms with Crippen molar-refractivity contribution in [3.8, 4) is 0 Å². The van der Waals surface area contributed by atoms with Crippen LogP contribution in [0.4, 0.5) is 5.00 Å². The van der Waals surface area contributed by atoms with Gasteiger partial charge in [-0.2, -0.15) is 5.10 Å². The third-order valence-electron chi connectivity index (χ3n) is 3.95. The lowest BCUT2D eigenvalue weighted by Gasteiger charge is -2.11. The van der Waals surface area contributed by atoms with Crippen LogP contribution in [0.1, 0.15) is 39.2 Å². The zero-order valence-electron chi connectivity index (χ0n) is 13.7. The summed E-state index contributed by atoms with van der Waals surface area (Å²) in [6.07, 6.45) is 10.6. The largest absolute Gasteiger partial charge is 0.465 e. The maximum Gasteiger partial charge on any atom is 0.341 e. The summed E-state index contributed by atoms with van der Waals surface area (Å²) in [5.74, 6) is -0.663. The van der Waals surface area contributed by atoms with Gasteiger partial charge in [0.25, 0.3) is 0 Å². The van der Waals surface area contributed by atoms with Gasteiger partial charge in [0, 0.05) is 29.8 Å². The Morgan fingerprint density at radius 3 is 2.88 bits per heavy atom. The van der Waals surface area contributed by atoms with Crippen molar-refractivity contribution in [3.05, 3.63) is 40.0 Å². The van der Waals surface area contributed by atoms with Crippen LogP contribution in [0.25, 0.3) is 6.08 Å². The van der Waals surface area contributed by atoms with E-state index >= 15 is 0 Å². The van der Waals surface area contributed by atoms with Crippen molar-refractivity contribution in [1.29, 1.82) is 0 Å². The lowest BCUT2D eigenvalue weighted by Crippen LogP contribution is -2.13. The minimum Gasteiger partial charge on any atom is -0.465 e. The van der Waals surface area contributed by atoms with Gasteiger partial charge in [0.1, 0.15) is 5.00 Å². The number of hydrogen-bond donors (Lipinski definition) is 1. The number of esters is 1. The Hall–Kier alpha value is -2.41. The summed E-state index contributed by atoms with van der Waals surface area (Å²) in [5.41, 5.74) is 2.39. The number of ether oxygens (including phenoxy) is 1. The molecule has 0 aliphatic heterocycles. The molecule has 0 saturated carbocycles. The molecule has 2 aromatic heterocycles.